The lowest BCUT2D eigenvalue weighted by molar-refractivity contribution is 0.0600. The molecule has 1 aromatic heterocycles. The highest BCUT2D eigenvalue weighted by Gasteiger charge is 2.11. The smallest absolute Gasteiger partial charge is 0.337 e. The predicted molar refractivity (Wildman–Crippen MR) is 103 cm³/mol. The molecule has 0 amide bonds. The van der Waals surface area contributed by atoms with Gasteiger partial charge in [0, 0.05) is 13.7 Å². The number of methoxy groups -OCH3 is 2. The molecule has 0 fully saturated rings. The number of carbonyl (C=O) groups is 1. The fraction of sp³-hybridized carbons (Fsp3) is 0.263. The number of ether oxygens (including phenoxy) is 2. The van der Waals surface area contributed by atoms with Gasteiger partial charge in [0.1, 0.15) is 5.02 Å². The molecular weight excluding hydrogens is 377 g/mol. The fourth-order valence-corrected chi connectivity index (χ4v) is 2.97. The third kappa shape index (κ3) is 4.97. The first-order valence-electron chi connectivity index (χ1n) is 7.89. The quantitative estimate of drug-likeness (QED) is 0.668. The van der Waals surface area contributed by atoms with Gasteiger partial charge in [0.2, 0.25) is 0 Å². The molecule has 7 heteroatoms. The van der Waals surface area contributed by atoms with Crippen LogP contribution in [0.3, 0.4) is 0 Å². The predicted octanol–water partition coefficient (Wildman–Crippen LogP) is 3.84. The van der Waals surface area contributed by atoms with Crippen molar-refractivity contribution < 1.29 is 14.3 Å². The molecule has 0 radical (unpaired) electrons. The van der Waals surface area contributed by atoms with Crippen LogP contribution >= 0.6 is 23.2 Å². The van der Waals surface area contributed by atoms with Gasteiger partial charge in [-0.25, -0.2) is 4.79 Å². The van der Waals surface area contributed by atoms with Crippen LogP contribution in [0.15, 0.2) is 41.2 Å². The maximum Gasteiger partial charge on any atom is 0.337 e. The van der Waals surface area contributed by atoms with Gasteiger partial charge in [-0.15, -0.1) is 0 Å². The van der Waals surface area contributed by atoms with Crippen LogP contribution in [0.25, 0.3) is 6.08 Å². The summed E-state index contributed by atoms with van der Waals surface area (Å²) in [6.07, 6.45) is 4.09. The zero-order chi connectivity index (χ0) is 19.1. The normalized spacial score (nSPS) is 11.1. The van der Waals surface area contributed by atoms with Crippen LogP contribution in [0, 0.1) is 0 Å². The van der Waals surface area contributed by atoms with Crippen molar-refractivity contribution in [2.24, 2.45) is 0 Å². The zero-order valence-corrected chi connectivity index (χ0v) is 16.0. The van der Waals surface area contributed by atoms with E-state index < -0.39 is 0 Å². The molecule has 0 bridgehead atoms. The molecule has 2 aromatic rings. The number of nitrogens with zero attached hydrogens (tertiary/aromatic N) is 1. The summed E-state index contributed by atoms with van der Waals surface area (Å²) in [6.45, 7) is 0.797. The number of carbonyl (C=O) groups excluding carboxylic acids is 1. The molecule has 26 heavy (non-hydrogen) atoms. The van der Waals surface area contributed by atoms with Crippen molar-refractivity contribution in [1.29, 1.82) is 0 Å². The molecule has 138 valence electrons. The number of pyridine rings is 1. The van der Waals surface area contributed by atoms with E-state index in [1.807, 2.05) is 12.1 Å². The summed E-state index contributed by atoms with van der Waals surface area (Å²) in [6, 6.07) is 8.47. The van der Waals surface area contributed by atoms with Gasteiger partial charge >= 0.3 is 5.97 Å². The molecule has 0 N–H and O–H groups in total. The molecule has 0 aliphatic heterocycles. The average Bonchev–Trinajstić information content (AvgIpc) is 2.65. The molecule has 0 spiro atoms. The average molecular weight is 396 g/mol. The van der Waals surface area contributed by atoms with Crippen LogP contribution in [0.1, 0.15) is 21.6 Å². The first-order chi connectivity index (χ1) is 12.5. The van der Waals surface area contributed by atoms with Crippen molar-refractivity contribution in [3.05, 3.63) is 73.6 Å². The van der Waals surface area contributed by atoms with Gasteiger partial charge in [-0.2, -0.15) is 0 Å². The Bertz CT molecular complexity index is 857. The first-order valence-corrected chi connectivity index (χ1v) is 8.65. The van der Waals surface area contributed by atoms with E-state index in [-0.39, 0.29) is 16.6 Å². The molecular formula is C19H19Cl2NO4. The fourth-order valence-electron chi connectivity index (χ4n) is 2.43. The Morgan fingerprint density at radius 3 is 2.46 bits per heavy atom. The molecule has 0 atom stereocenters. The van der Waals surface area contributed by atoms with Crippen LogP contribution < -0.4 is 5.56 Å². The Morgan fingerprint density at radius 2 is 1.85 bits per heavy atom. The van der Waals surface area contributed by atoms with Crippen molar-refractivity contribution in [2.75, 3.05) is 20.8 Å². The lowest BCUT2D eigenvalue weighted by Crippen LogP contribution is -2.24. The lowest BCUT2D eigenvalue weighted by atomic mass is 10.1. The number of halogens is 2. The van der Waals surface area contributed by atoms with E-state index in [0.29, 0.717) is 35.9 Å². The van der Waals surface area contributed by atoms with E-state index in [4.69, 9.17) is 27.9 Å². The van der Waals surface area contributed by atoms with Gasteiger partial charge in [0.05, 0.1) is 30.0 Å². The van der Waals surface area contributed by atoms with Gasteiger partial charge in [0.15, 0.2) is 0 Å². The van der Waals surface area contributed by atoms with E-state index in [1.165, 1.54) is 17.7 Å². The van der Waals surface area contributed by atoms with Crippen molar-refractivity contribution in [2.45, 2.75) is 13.0 Å². The monoisotopic (exact) mass is 395 g/mol. The maximum atomic E-state index is 12.4. The van der Waals surface area contributed by atoms with Crippen molar-refractivity contribution >= 4 is 35.2 Å². The number of rotatable bonds is 7. The molecule has 1 heterocycles. The molecule has 5 nitrogen and oxygen atoms in total. The third-order valence-electron chi connectivity index (χ3n) is 3.78. The van der Waals surface area contributed by atoms with Gasteiger partial charge in [-0.1, -0.05) is 41.4 Å². The van der Waals surface area contributed by atoms with Gasteiger partial charge < -0.3 is 14.0 Å². The standard InChI is InChI=1S/C19H19Cl2NO4/c1-25-11-3-4-17-15(20)12-16(21)18(23)22(17)10-9-13-5-7-14(8-6-13)19(24)26-2/h3-8,12H,9-11H2,1-2H3/b4-3+. The zero-order valence-electron chi connectivity index (χ0n) is 14.5. The van der Waals surface area contributed by atoms with E-state index in [1.54, 1.807) is 31.4 Å². The third-order valence-corrected chi connectivity index (χ3v) is 4.35. The number of aromatic nitrogens is 1. The molecule has 0 aliphatic rings. The highest BCUT2D eigenvalue weighted by Crippen LogP contribution is 2.20. The second kappa shape index (κ2) is 9.57. The summed E-state index contributed by atoms with van der Waals surface area (Å²) in [4.78, 5) is 23.9. The van der Waals surface area contributed by atoms with Crippen LogP contribution in [0.5, 0.6) is 0 Å². The highest BCUT2D eigenvalue weighted by atomic mass is 35.5. The van der Waals surface area contributed by atoms with Crippen molar-refractivity contribution in [1.82, 2.24) is 4.57 Å². The number of esters is 1. The summed E-state index contributed by atoms with van der Waals surface area (Å²) in [5, 5.41) is 0.461. The van der Waals surface area contributed by atoms with E-state index in [0.717, 1.165) is 5.56 Å². The Morgan fingerprint density at radius 1 is 1.15 bits per heavy atom. The van der Waals surface area contributed by atoms with Gasteiger partial charge in [0.25, 0.3) is 5.56 Å². The van der Waals surface area contributed by atoms with E-state index in [9.17, 15) is 9.59 Å². The summed E-state index contributed by atoms with van der Waals surface area (Å²) < 4.78 is 11.2. The van der Waals surface area contributed by atoms with Crippen molar-refractivity contribution in [3.63, 3.8) is 0 Å². The minimum atomic E-state index is -0.389. The summed E-state index contributed by atoms with van der Waals surface area (Å²) in [5.41, 5.74) is 1.71. The van der Waals surface area contributed by atoms with Crippen molar-refractivity contribution in [3.8, 4) is 0 Å². The molecule has 0 unspecified atom stereocenters. The first kappa shape index (κ1) is 20.2. The molecule has 1 aromatic carbocycles. The summed E-state index contributed by atoms with van der Waals surface area (Å²) in [5.74, 6) is -0.389. The maximum absolute atomic E-state index is 12.4. The number of benzene rings is 1. The molecule has 0 aliphatic carbocycles. The number of hydrogen-bond donors (Lipinski definition) is 0. The van der Waals surface area contributed by atoms with Gasteiger partial charge in [-0.3, -0.25) is 4.79 Å². The van der Waals surface area contributed by atoms with Gasteiger partial charge in [-0.05, 0) is 36.3 Å². The number of aryl methyl sites for hydroxylation is 1. The highest BCUT2D eigenvalue weighted by molar-refractivity contribution is 6.35. The molecule has 0 saturated heterocycles. The lowest BCUT2D eigenvalue weighted by Gasteiger charge is -2.13. The summed E-state index contributed by atoms with van der Waals surface area (Å²) in [7, 11) is 2.92. The minimum absolute atomic E-state index is 0.0694. The van der Waals surface area contributed by atoms with Crippen LogP contribution in [-0.4, -0.2) is 31.4 Å². The summed E-state index contributed by atoms with van der Waals surface area (Å²) >= 11 is 12.2. The Hall–Kier alpha value is -2.08. The SMILES string of the molecule is COC/C=C/c1c(Cl)cc(Cl)c(=O)n1CCc1ccc(C(=O)OC)cc1. The van der Waals surface area contributed by atoms with E-state index in [2.05, 4.69) is 4.74 Å². The second-order valence-electron chi connectivity index (χ2n) is 5.48. The molecule has 2 rings (SSSR count). The van der Waals surface area contributed by atoms with E-state index >= 15 is 0 Å². The Kier molecular flexibility index (Phi) is 7.45. The Labute approximate surface area is 161 Å². The Balaban J connectivity index is 2.25. The van der Waals surface area contributed by atoms with Crippen LogP contribution in [0.2, 0.25) is 10.0 Å². The minimum Gasteiger partial charge on any atom is -0.465 e. The second-order valence-corrected chi connectivity index (χ2v) is 6.29. The molecule has 0 saturated carbocycles. The van der Waals surface area contributed by atoms with Crippen LogP contribution in [0.4, 0.5) is 0 Å². The largest absolute Gasteiger partial charge is 0.465 e. The van der Waals surface area contributed by atoms with Crippen LogP contribution in [-0.2, 0) is 22.4 Å². The number of hydrogen-bond acceptors (Lipinski definition) is 4. The topological polar surface area (TPSA) is 57.5 Å².